The largest absolute Gasteiger partial charge is 0.394 e. The molecule has 1 spiro atoms. The Balaban J connectivity index is 1.53. The molecule has 0 bridgehead atoms. The van der Waals surface area contributed by atoms with Crippen LogP contribution in [0.1, 0.15) is 36.1 Å². The summed E-state index contributed by atoms with van der Waals surface area (Å²) in [5.74, 6) is -2.42. The number of carbonyl (C=O) groups is 3. The Kier molecular flexibility index (Phi) is 7.08. The van der Waals surface area contributed by atoms with Gasteiger partial charge in [0.25, 0.3) is 5.91 Å². The highest BCUT2D eigenvalue weighted by Crippen LogP contribution is 2.55. The van der Waals surface area contributed by atoms with E-state index in [1.807, 2.05) is 93.6 Å². The van der Waals surface area contributed by atoms with Crippen molar-refractivity contribution >= 4 is 23.4 Å². The Hall–Kier alpha value is -3.75. The lowest BCUT2D eigenvalue weighted by atomic mass is 9.77. The van der Waals surface area contributed by atoms with Crippen LogP contribution >= 0.6 is 0 Å². The third-order valence-corrected chi connectivity index (χ3v) is 9.08. The molecule has 4 aliphatic rings. The number of anilines is 1. The van der Waals surface area contributed by atoms with Crippen molar-refractivity contribution < 1.29 is 24.2 Å². The number of likely N-dealkylation sites (tertiary alicyclic amines) is 1. The van der Waals surface area contributed by atoms with Crippen molar-refractivity contribution in [2.45, 2.75) is 51.0 Å². The van der Waals surface area contributed by atoms with Crippen LogP contribution in [-0.4, -0.2) is 76.6 Å². The van der Waals surface area contributed by atoms with Gasteiger partial charge in [-0.2, -0.15) is 0 Å². The molecule has 0 aromatic heterocycles. The Labute approximate surface area is 240 Å². The standard InChI is InChI=1S/C33H37N3O5/c1-4-17-34-18-9-15-25-26(30(34)38)27-31(39)36(24(20-37)23-13-6-5-7-14-23)29-32(40)35(19-10-16-33(27,29)41-25)28-21(2)11-8-12-22(28)3/h5-16,24-27,29,37H,4,17-20H2,1-3H3/t24-,25-,26+,27+,29?,33+/m1/s1. The zero-order valence-corrected chi connectivity index (χ0v) is 23.8. The molecule has 4 aliphatic heterocycles. The molecule has 8 heteroatoms. The number of para-hydroxylation sites is 1. The van der Waals surface area contributed by atoms with Crippen LogP contribution in [0.5, 0.6) is 0 Å². The second-order valence-corrected chi connectivity index (χ2v) is 11.5. The molecule has 8 nitrogen and oxygen atoms in total. The number of hydrogen-bond donors (Lipinski definition) is 1. The van der Waals surface area contributed by atoms with E-state index in [0.29, 0.717) is 19.6 Å². The maximum atomic E-state index is 14.8. The van der Waals surface area contributed by atoms with Crippen molar-refractivity contribution in [2.24, 2.45) is 11.8 Å². The van der Waals surface area contributed by atoms with Crippen LogP contribution in [0.25, 0.3) is 0 Å². The van der Waals surface area contributed by atoms with Gasteiger partial charge in [0, 0.05) is 25.3 Å². The number of aliphatic hydroxyl groups excluding tert-OH is 1. The fourth-order valence-electron chi connectivity index (χ4n) is 7.40. The van der Waals surface area contributed by atoms with Crippen molar-refractivity contribution in [2.75, 3.05) is 31.1 Å². The smallest absolute Gasteiger partial charge is 0.253 e. The lowest BCUT2D eigenvalue weighted by Gasteiger charge is -2.39. The van der Waals surface area contributed by atoms with Gasteiger partial charge in [-0.15, -0.1) is 0 Å². The van der Waals surface area contributed by atoms with Crippen molar-refractivity contribution in [3.05, 3.63) is 89.5 Å². The number of benzene rings is 2. The minimum absolute atomic E-state index is 0.130. The van der Waals surface area contributed by atoms with E-state index in [1.165, 1.54) is 4.90 Å². The highest BCUT2D eigenvalue weighted by atomic mass is 16.5. The summed E-state index contributed by atoms with van der Waals surface area (Å²) in [5.41, 5.74) is 2.05. The lowest BCUT2D eigenvalue weighted by Crippen LogP contribution is -2.56. The van der Waals surface area contributed by atoms with Gasteiger partial charge in [0.2, 0.25) is 11.8 Å². The second-order valence-electron chi connectivity index (χ2n) is 11.5. The van der Waals surface area contributed by atoms with Gasteiger partial charge >= 0.3 is 0 Å². The van der Waals surface area contributed by atoms with E-state index in [2.05, 4.69) is 0 Å². The average molecular weight is 556 g/mol. The number of carbonyl (C=O) groups excluding carboxylic acids is 3. The topological polar surface area (TPSA) is 90.4 Å². The third-order valence-electron chi connectivity index (χ3n) is 9.08. The predicted molar refractivity (Wildman–Crippen MR) is 155 cm³/mol. The molecule has 2 aromatic rings. The van der Waals surface area contributed by atoms with Crippen molar-refractivity contribution in [1.82, 2.24) is 9.80 Å². The minimum Gasteiger partial charge on any atom is -0.394 e. The normalized spacial score (nSPS) is 29.8. The van der Waals surface area contributed by atoms with Crippen molar-refractivity contribution in [3.8, 4) is 0 Å². The molecule has 4 heterocycles. The third kappa shape index (κ3) is 4.15. The summed E-state index contributed by atoms with van der Waals surface area (Å²) in [6, 6.07) is 13.3. The average Bonchev–Trinajstić information content (AvgIpc) is 3.28. The summed E-state index contributed by atoms with van der Waals surface area (Å²) in [7, 11) is 0. The molecule has 2 aromatic carbocycles. The first-order valence-corrected chi connectivity index (χ1v) is 14.5. The van der Waals surface area contributed by atoms with Crippen LogP contribution in [0.4, 0.5) is 5.69 Å². The molecule has 2 saturated heterocycles. The molecular weight excluding hydrogens is 518 g/mol. The molecule has 6 rings (SSSR count). The molecule has 2 fully saturated rings. The number of aliphatic hydroxyl groups is 1. The maximum absolute atomic E-state index is 14.8. The van der Waals surface area contributed by atoms with Crippen LogP contribution in [0.15, 0.2) is 72.8 Å². The summed E-state index contributed by atoms with van der Waals surface area (Å²) in [6.45, 7) is 6.92. The highest BCUT2D eigenvalue weighted by molar-refractivity contribution is 6.06. The van der Waals surface area contributed by atoms with Gasteiger partial charge in [-0.3, -0.25) is 14.4 Å². The molecular formula is C33H37N3O5. The van der Waals surface area contributed by atoms with Gasteiger partial charge < -0.3 is 24.5 Å². The first kappa shape index (κ1) is 27.4. The van der Waals surface area contributed by atoms with E-state index < -0.39 is 35.6 Å². The molecule has 1 unspecified atom stereocenters. The summed E-state index contributed by atoms with van der Waals surface area (Å²) < 4.78 is 6.77. The van der Waals surface area contributed by atoms with E-state index in [9.17, 15) is 19.5 Å². The van der Waals surface area contributed by atoms with E-state index in [4.69, 9.17) is 4.74 Å². The van der Waals surface area contributed by atoms with E-state index in [1.54, 1.807) is 9.80 Å². The number of ether oxygens (including phenoxy) is 1. The van der Waals surface area contributed by atoms with Gasteiger partial charge in [0.05, 0.1) is 30.6 Å². The fourth-order valence-corrected chi connectivity index (χ4v) is 7.40. The lowest BCUT2D eigenvalue weighted by molar-refractivity contribution is -0.147. The number of amides is 3. The summed E-state index contributed by atoms with van der Waals surface area (Å²) >= 11 is 0. The summed E-state index contributed by atoms with van der Waals surface area (Å²) in [5, 5.41) is 10.7. The molecule has 214 valence electrons. The zero-order chi connectivity index (χ0) is 28.9. The Morgan fingerprint density at radius 2 is 1.68 bits per heavy atom. The molecule has 1 N–H and O–H groups in total. The predicted octanol–water partition coefficient (Wildman–Crippen LogP) is 3.33. The first-order chi connectivity index (χ1) is 19.8. The van der Waals surface area contributed by atoms with Crippen molar-refractivity contribution in [3.63, 3.8) is 0 Å². The van der Waals surface area contributed by atoms with Crippen LogP contribution in [0.2, 0.25) is 0 Å². The Bertz CT molecular complexity index is 1400. The number of nitrogens with zero attached hydrogens (tertiary/aromatic N) is 3. The van der Waals surface area contributed by atoms with Gasteiger partial charge in [0.15, 0.2) is 0 Å². The number of aryl methyl sites for hydroxylation is 2. The van der Waals surface area contributed by atoms with E-state index in [0.717, 1.165) is 28.8 Å². The van der Waals surface area contributed by atoms with Gasteiger partial charge in [-0.05, 0) is 37.0 Å². The Morgan fingerprint density at radius 1 is 0.951 bits per heavy atom. The van der Waals surface area contributed by atoms with Gasteiger partial charge in [-0.25, -0.2) is 0 Å². The first-order valence-electron chi connectivity index (χ1n) is 14.5. The minimum atomic E-state index is -1.35. The monoisotopic (exact) mass is 555 g/mol. The Morgan fingerprint density at radius 3 is 2.37 bits per heavy atom. The van der Waals surface area contributed by atoms with Crippen LogP contribution in [0.3, 0.4) is 0 Å². The van der Waals surface area contributed by atoms with Crippen molar-refractivity contribution in [1.29, 1.82) is 0 Å². The number of rotatable bonds is 6. The van der Waals surface area contributed by atoms with Gasteiger partial charge in [-0.1, -0.05) is 79.8 Å². The SMILES string of the molecule is CCCN1CC=C[C@H]2O[C@]34C=CCN(c5c(C)cccc5C)C(=O)C3N([C@H](CO)c3ccccc3)C(=O)[C@@H]4[C@H]2C1=O. The van der Waals surface area contributed by atoms with E-state index >= 15 is 0 Å². The van der Waals surface area contributed by atoms with Gasteiger partial charge in [0.1, 0.15) is 11.6 Å². The quantitative estimate of drug-likeness (QED) is 0.553. The maximum Gasteiger partial charge on any atom is 0.253 e. The molecule has 0 radical (unpaired) electrons. The zero-order valence-electron chi connectivity index (χ0n) is 23.8. The molecule has 0 saturated carbocycles. The van der Waals surface area contributed by atoms with Crippen LogP contribution in [-0.2, 0) is 19.1 Å². The molecule has 6 atom stereocenters. The van der Waals surface area contributed by atoms with Crippen LogP contribution in [0, 0.1) is 25.7 Å². The number of hydrogen-bond acceptors (Lipinski definition) is 5. The summed E-state index contributed by atoms with van der Waals surface area (Å²) in [4.78, 5) is 48.5. The second kappa shape index (κ2) is 10.6. The van der Waals surface area contributed by atoms with E-state index in [-0.39, 0.29) is 24.3 Å². The number of fused-ring (bicyclic) bond motifs is 2. The van der Waals surface area contributed by atoms with Crippen LogP contribution < -0.4 is 4.90 Å². The fraction of sp³-hybridized carbons (Fsp3) is 0.424. The highest BCUT2D eigenvalue weighted by Gasteiger charge is 2.72. The summed E-state index contributed by atoms with van der Waals surface area (Å²) in [6.07, 6.45) is 7.72. The molecule has 41 heavy (non-hydrogen) atoms. The molecule has 0 aliphatic carbocycles. The molecule has 3 amide bonds.